The molecule has 3 nitrogen and oxygen atoms in total. The first-order valence-electron chi connectivity index (χ1n) is 7.77. The van der Waals surface area contributed by atoms with Crippen molar-refractivity contribution in [3.8, 4) is 0 Å². The first-order chi connectivity index (χ1) is 9.74. The molecule has 1 saturated carbocycles. The molecule has 1 aliphatic carbocycles. The minimum absolute atomic E-state index is 0.301. The average Bonchev–Trinajstić information content (AvgIpc) is 2.95. The van der Waals surface area contributed by atoms with E-state index in [4.69, 9.17) is 0 Å². The van der Waals surface area contributed by atoms with Crippen LogP contribution in [0, 0.1) is 0 Å². The van der Waals surface area contributed by atoms with E-state index in [0.717, 1.165) is 19.5 Å². The molecule has 1 fully saturated rings. The normalized spacial score (nSPS) is 20.2. The molecule has 0 bridgehead atoms. The van der Waals surface area contributed by atoms with Crippen LogP contribution in [0.15, 0.2) is 11.4 Å². The third kappa shape index (κ3) is 3.07. The van der Waals surface area contributed by atoms with Crippen molar-refractivity contribution in [2.45, 2.75) is 51.1 Å². The van der Waals surface area contributed by atoms with Crippen molar-refractivity contribution >= 4 is 17.2 Å². The van der Waals surface area contributed by atoms with Crippen LogP contribution in [-0.2, 0) is 17.8 Å². The smallest absolute Gasteiger partial charge is 0.237 e. The van der Waals surface area contributed by atoms with Crippen molar-refractivity contribution in [1.82, 2.24) is 9.80 Å². The molecule has 20 heavy (non-hydrogen) atoms. The molecule has 0 unspecified atom stereocenters. The molecule has 3 rings (SSSR count). The molecular weight excluding hydrogens is 268 g/mol. The zero-order valence-electron chi connectivity index (χ0n) is 12.3. The van der Waals surface area contributed by atoms with Crippen LogP contribution in [0.3, 0.4) is 0 Å². The number of nitrogens with zero attached hydrogens (tertiary/aromatic N) is 2. The molecular formula is C16H24N2OS. The summed E-state index contributed by atoms with van der Waals surface area (Å²) in [6, 6.07) is 2.79. The Hall–Kier alpha value is -0.870. The number of hydrogen-bond donors (Lipinski definition) is 0. The average molecular weight is 292 g/mol. The lowest BCUT2D eigenvalue weighted by Crippen LogP contribution is -2.44. The second kappa shape index (κ2) is 6.27. The summed E-state index contributed by atoms with van der Waals surface area (Å²) < 4.78 is 0. The predicted molar refractivity (Wildman–Crippen MR) is 82.9 cm³/mol. The van der Waals surface area contributed by atoms with Gasteiger partial charge in [-0.1, -0.05) is 19.3 Å². The van der Waals surface area contributed by atoms with E-state index in [1.807, 2.05) is 16.2 Å². The Balaban J connectivity index is 1.54. The van der Waals surface area contributed by atoms with Crippen molar-refractivity contribution in [3.05, 3.63) is 21.9 Å². The van der Waals surface area contributed by atoms with Gasteiger partial charge in [0.2, 0.25) is 5.91 Å². The second-order valence-electron chi connectivity index (χ2n) is 6.14. The second-order valence-corrected chi connectivity index (χ2v) is 7.14. The van der Waals surface area contributed by atoms with Crippen molar-refractivity contribution in [1.29, 1.82) is 0 Å². The highest BCUT2D eigenvalue weighted by molar-refractivity contribution is 7.10. The van der Waals surface area contributed by atoms with Crippen molar-refractivity contribution < 1.29 is 4.79 Å². The van der Waals surface area contributed by atoms with Crippen LogP contribution < -0.4 is 0 Å². The summed E-state index contributed by atoms with van der Waals surface area (Å²) in [7, 11) is 2.12. The number of amides is 1. The van der Waals surface area contributed by atoms with E-state index < -0.39 is 0 Å². The third-order valence-corrected chi connectivity index (χ3v) is 5.77. The monoisotopic (exact) mass is 292 g/mol. The van der Waals surface area contributed by atoms with Crippen LogP contribution in [0.2, 0.25) is 0 Å². The Morgan fingerprint density at radius 2 is 2.20 bits per heavy atom. The van der Waals surface area contributed by atoms with Gasteiger partial charge in [0.1, 0.15) is 0 Å². The molecule has 1 aromatic heterocycles. The molecule has 0 radical (unpaired) electrons. The molecule has 2 aliphatic rings. The van der Waals surface area contributed by atoms with Gasteiger partial charge in [0.25, 0.3) is 0 Å². The highest BCUT2D eigenvalue weighted by atomic mass is 32.1. The Labute approximate surface area is 125 Å². The van der Waals surface area contributed by atoms with Gasteiger partial charge < -0.3 is 4.90 Å². The van der Waals surface area contributed by atoms with Crippen LogP contribution in [0.1, 0.15) is 42.5 Å². The Morgan fingerprint density at radius 3 is 3.00 bits per heavy atom. The maximum Gasteiger partial charge on any atom is 0.237 e. The quantitative estimate of drug-likeness (QED) is 0.855. The maximum absolute atomic E-state index is 12.5. The largest absolute Gasteiger partial charge is 0.337 e. The zero-order valence-corrected chi connectivity index (χ0v) is 13.1. The Kier molecular flexibility index (Phi) is 4.41. The molecule has 1 amide bonds. The van der Waals surface area contributed by atoms with Crippen molar-refractivity contribution in [2.75, 3.05) is 20.1 Å². The molecule has 2 heterocycles. The molecule has 1 aliphatic heterocycles. The summed E-state index contributed by atoms with van der Waals surface area (Å²) in [4.78, 5) is 18.3. The molecule has 0 spiro atoms. The van der Waals surface area contributed by atoms with E-state index in [1.54, 1.807) is 0 Å². The zero-order chi connectivity index (χ0) is 13.9. The number of rotatable bonds is 3. The highest BCUT2D eigenvalue weighted by Crippen LogP contribution is 2.25. The van der Waals surface area contributed by atoms with Gasteiger partial charge in [0.15, 0.2) is 0 Å². The summed E-state index contributed by atoms with van der Waals surface area (Å²) in [6.45, 7) is 2.30. The minimum atomic E-state index is 0.301. The predicted octanol–water partition coefficient (Wildman–Crippen LogP) is 2.90. The van der Waals surface area contributed by atoms with Gasteiger partial charge in [-0.05, 0) is 43.3 Å². The summed E-state index contributed by atoms with van der Waals surface area (Å²) in [5.41, 5.74) is 1.36. The number of fused-ring (bicyclic) bond motifs is 1. The molecule has 4 heteroatoms. The molecule has 1 aromatic rings. The van der Waals surface area contributed by atoms with Crippen LogP contribution in [0.5, 0.6) is 0 Å². The van der Waals surface area contributed by atoms with Crippen LogP contribution in [0.4, 0.5) is 0 Å². The van der Waals surface area contributed by atoms with Crippen LogP contribution in [0.25, 0.3) is 0 Å². The number of hydrogen-bond acceptors (Lipinski definition) is 3. The lowest BCUT2D eigenvalue weighted by Gasteiger charge is -2.33. The lowest BCUT2D eigenvalue weighted by atomic mass is 9.94. The van der Waals surface area contributed by atoms with E-state index in [2.05, 4.69) is 23.4 Å². The van der Waals surface area contributed by atoms with Gasteiger partial charge in [-0.2, -0.15) is 0 Å². The van der Waals surface area contributed by atoms with Crippen LogP contribution in [-0.4, -0.2) is 41.9 Å². The van der Waals surface area contributed by atoms with Gasteiger partial charge in [-0.15, -0.1) is 11.3 Å². The molecule has 0 atom stereocenters. The summed E-state index contributed by atoms with van der Waals surface area (Å²) >= 11 is 1.83. The molecule has 110 valence electrons. The van der Waals surface area contributed by atoms with E-state index in [9.17, 15) is 4.79 Å². The standard InChI is InChI=1S/C16H24N2OS/c1-17(14-5-3-2-4-6-14)12-16(19)18-9-7-15-13(11-18)8-10-20-15/h8,10,14H,2-7,9,11-12H2,1H3. The fraction of sp³-hybridized carbons (Fsp3) is 0.688. The SMILES string of the molecule is CN(CC(=O)N1CCc2sccc2C1)C1CCCCC1. The van der Waals surface area contributed by atoms with Gasteiger partial charge in [0, 0.05) is 24.0 Å². The van der Waals surface area contributed by atoms with Crippen molar-refractivity contribution in [3.63, 3.8) is 0 Å². The Bertz CT molecular complexity index is 465. The number of thiophene rings is 1. The third-order valence-electron chi connectivity index (χ3n) is 4.74. The van der Waals surface area contributed by atoms with Crippen LogP contribution >= 0.6 is 11.3 Å². The molecule has 0 saturated heterocycles. The molecule has 0 N–H and O–H groups in total. The summed E-state index contributed by atoms with van der Waals surface area (Å²) in [5, 5.41) is 2.15. The van der Waals surface area contributed by atoms with E-state index in [1.165, 1.54) is 42.5 Å². The van der Waals surface area contributed by atoms with Crippen molar-refractivity contribution in [2.24, 2.45) is 0 Å². The van der Waals surface area contributed by atoms with E-state index in [0.29, 0.717) is 18.5 Å². The fourth-order valence-electron chi connectivity index (χ4n) is 3.43. The fourth-order valence-corrected chi connectivity index (χ4v) is 4.32. The summed E-state index contributed by atoms with van der Waals surface area (Å²) in [5.74, 6) is 0.301. The van der Waals surface area contributed by atoms with E-state index in [-0.39, 0.29) is 0 Å². The minimum Gasteiger partial charge on any atom is -0.337 e. The van der Waals surface area contributed by atoms with Gasteiger partial charge >= 0.3 is 0 Å². The van der Waals surface area contributed by atoms with E-state index >= 15 is 0 Å². The number of likely N-dealkylation sites (N-methyl/N-ethyl adjacent to an activating group) is 1. The number of carbonyl (C=O) groups is 1. The Morgan fingerprint density at radius 1 is 1.40 bits per heavy atom. The number of carbonyl (C=O) groups excluding carboxylic acids is 1. The topological polar surface area (TPSA) is 23.6 Å². The maximum atomic E-state index is 12.5. The first kappa shape index (κ1) is 14.1. The highest BCUT2D eigenvalue weighted by Gasteiger charge is 2.25. The summed E-state index contributed by atoms with van der Waals surface area (Å²) in [6.07, 6.45) is 7.57. The van der Waals surface area contributed by atoms with Gasteiger partial charge in [0.05, 0.1) is 6.54 Å². The van der Waals surface area contributed by atoms with Gasteiger partial charge in [-0.3, -0.25) is 9.69 Å². The van der Waals surface area contributed by atoms with Gasteiger partial charge in [-0.25, -0.2) is 0 Å². The first-order valence-corrected chi connectivity index (χ1v) is 8.65. The molecule has 0 aromatic carbocycles. The lowest BCUT2D eigenvalue weighted by molar-refractivity contribution is -0.133.